The molecular formula is C16H25ClN2O2. The zero-order valence-electron chi connectivity index (χ0n) is 12.7. The Labute approximate surface area is 133 Å². The zero-order valence-corrected chi connectivity index (χ0v) is 13.6. The number of hydrogen-bond donors (Lipinski definition) is 1. The number of carbonyl (C=O) groups is 1. The minimum Gasteiger partial charge on any atom is -0.381 e. The molecule has 21 heavy (non-hydrogen) atoms. The predicted molar refractivity (Wildman–Crippen MR) is 86.4 cm³/mol. The molecule has 2 rings (SSSR count). The molecule has 4 nitrogen and oxygen atoms in total. The van der Waals surface area contributed by atoms with Crippen LogP contribution in [0.4, 0.5) is 0 Å². The fourth-order valence-corrected chi connectivity index (χ4v) is 2.69. The van der Waals surface area contributed by atoms with Crippen LogP contribution in [-0.2, 0) is 16.1 Å². The van der Waals surface area contributed by atoms with E-state index in [0.29, 0.717) is 19.8 Å². The maximum Gasteiger partial charge on any atom is 0.239 e. The lowest BCUT2D eigenvalue weighted by atomic mass is 9.91. The first-order valence-electron chi connectivity index (χ1n) is 7.22. The first kappa shape index (κ1) is 18.0. The van der Waals surface area contributed by atoms with E-state index in [2.05, 4.69) is 19.1 Å². The van der Waals surface area contributed by atoms with Crippen molar-refractivity contribution in [3.63, 3.8) is 0 Å². The third kappa shape index (κ3) is 4.99. The van der Waals surface area contributed by atoms with Crippen LogP contribution < -0.4 is 5.73 Å². The van der Waals surface area contributed by atoms with Gasteiger partial charge >= 0.3 is 0 Å². The monoisotopic (exact) mass is 312 g/mol. The van der Waals surface area contributed by atoms with Crippen LogP contribution in [0.2, 0.25) is 0 Å². The lowest BCUT2D eigenvalue weighted by molar-refractivity contribution is -0.133. The number of hydrogen-bond acceptors (Lipinski definition) is 3. The number of benzene rings is 1. The summed E-state index contributed by atoms with van der Waals surface area (Å²) in [7, 11) is 1.82. The molecule has 1 heterocycles. The second-order valence-corrected chi connectivity index (χ2v) is 5.66. The molecular weight excluding hydrogens is 288 g/mol. The molecule has 1 aliphatic rings. The number of ether oxygens (including phenoxy) is 1. The summed E-state index contributed by atoms with van der Waals surface area (Å²) >= 11 is 0. The molecule has 2 N–H and O–H groups in total. The topological polar surface area (TPSA) is 55.6 Å². The predicted octanol–water partition coefficient (Wildman–Crippen LogP) is 2.13. The Kier molecular flexibility index (Phi) is 7.15. The molecule has 0 bridgehead atoms. The molecule has 1 aromatic carbocycles. The van der Waals surface area contributed by atoms with Crippen molar-refractivity contribution in [2.75, 3.05) is 20.3 Å². The Morgan fingerprint density at radius 3 is 2.71 bits per heavy atom. The van der Waals surface area contributed by atoms with Crippen molar-refractivity contribution in [3.05, 3.63) is 35.4 Å². The number of halogens is 1. The summed E-state index contributed by atoms with van der Waals surface area (Å²) in [6.45, 7) is 4.09. The summed E-state index contributed by atoms with van der Waals surface area (Å²) in [6.07, 6.45) is 1.76. The van der Waals surface area contributed by atoms with E-state index in [-0.39, 0.29) is 24.2 Å². The third-order valence-corrected chi connectivity index (χ3v) is 3.94. The summed E-state index contributed by atoms with van der Waals surface area (Å²) in [5.41, 5.74) is 8.47. The van der Waals surface area contributed by atoms with Gasteiger partial charge in [-0.05, 0) is 31.2 Å². The van der Waals surface area contributed by atoms with E-state index in [4.69, 9.17) is 10.5 Å². The van der Waals surface area contributed by atoms with Crippen LogP contribution in [0.3, 0.4) is 0 Å². The molecule has 0 spiro atoms. The van der Waals surface area contributed by atoms with Crippen LogP contribution in [0, 0.1) is 12.8 Å². The van der Waals surface area contributed by atoms with Gasteiger partial charge in [0.2, 0.25) is 5.91 Å². The van der Waals surface area contributed by atoms with E-state index in [1.807, 2.05) is 19.2 Å². The second kappa shape index (κ2) is 8.37. The van der Waals surface area contributed by atoms with Crippen molar-refractivity contribution in [1.29, 1.82) is 0 Å². The average Bonchev–Trinajstić information content (AvgIpc) is 2.46. The summed E-state index contributed by atoms with van der Waals surface area (Å²) < 4.78 is 5.32. The molecule has 1 amide bonds. The molecule has 1 saturated heterocycles. The molecule has 0 aromatic heterocycles. The van der Waals surface area contributed by atoms with E-state index in [9.17, 15) is 4.79 Å². The molecule has 1 aromatic rings. The van der Waals surface area contributed by atoms with Crippen molar-refractivity contribution >= 4 is 18.3 Å². The highest BCUT2D eigenvalue weighted by molar-refractivity contribution is 5.85. The lowest BCUT2D eigenvalue weighted by Gasteiger charge is -2.29. The minimum atomic E-state index is -0.409. The molecule has 1 unspecified atom stereocenters. The van der Waals surface area contributed by atoms with E-state index >= 15 is 0 Å². The highest BCUT2D eigenvalue weighted by Gasteiger charge is 2.28. The molecule has 1 aliphatic heterocycles. The summed E-state index contributed by atoms with van der Waals surface area (Å²) in [5, 5.41) is 0. The van der Waals surface area contributed by atoms with Gasteiger partial charge in [-0.25, -0.2) is 0 Å². The van der Waals surface area contributed by atoms with Crippen LogP contribution in [-0.4, -0.2) is 37.1 Å². The van der Waals surface area contributed by atoms with Gasteiger partial charge in [-0.3, -0.25) is 4.79 Å². The Bertz CT molecular complexity index is 461. The van der Waals surface area contributed by atoms with Gasteiger partial charge in [0.25, 0.3) is 0 Å². The van der Waals surface area contributed by atoms with E-state index in [1.54, 1.807) is 4.90 Å². The molecule has 0 aliphatic carbocycles. The highest BCUT2D eigenvalue weighted by Crippen LogP contribution is 2.19. The van der Waals surface area contributed by atoms with Crippen LogP contribution in [0.1, 0.15) is 24.0 Å². The number of amides is 1. The van der Waals surface area contributed by atoms with Crippen LogP contribution in [0.15, 0.2) is 24.3 Å². The third-order valence-electron chi connectivity index (χ3n) is 3.94. The first-order valence-corrected chi connectivity index (χ1v) is 7.22. The molecule has 1 fully saturated rings. The number of rotatable bonds is 4. The lowest BCUT2D eigenvalue weighted by Crippen LogP contribution is -2.47. The number of nitrogens with two attached hydrogens (primary N) is 1. The Hall–Kier alpha value is -1.10. The van der Waals surface area contributed by atoms with Gasteiger partial charge in [-0.1, -0.05) is 29.8 Å². The standard InChI is InChI=1S/C16H24N2O2.ClH/c1-12-4-3-5-13(10-12)11-18(2)16(19)15(17)14-6-8-20-9-7-14;/h3-5,10,14-15H,6-9,11,17H2,1-2H3;1H. The van der Waals surface area contributed by atoms with Gasteiger partial charge in [0.05, 0.1) is 6.04 Å². The smallest absolute Gasteiger partial charge is 0.239 e. The van der Waals surface area contributed by atoms with E-state index in [1.165, 1.54) is 5.56 Å². The summed E-state index contributed by atoms with van der Waals surface area (Å²) in [6, 6.07) is 7.80. The van der Waals surface area contributed by atoms with Gasteiger partial charge in [0.15, 0.2) is 0 Å². The van der Waals surface area contributed by atoms with Crippen molar-refractivity contribution < 1.29 is 9.53 Å². The molecule has 118 valence electrons. The summed E-state index contributed by atoms with van der Waals surface area (Å²) in [5.74, 6) is 0.273. The Balaban J connectivity index is 0.00000220. The van der Waals surface area contributed by atoms with E-state index < -0.39 is 6.04 Å². The van der Waals surface area contributed by atoms with Crippen LogP contribution >= 0.6 is 12.4 Å². The molecule has 0 saturated carbocycles. The maximum absolute atomic E-state index is 12.4. The van der Waals surface area contributed by atoms with Gasteiger partial charge in [-0.2, -0.15) is 0 Å². The largest absolute Gasteiger partial charge is 0.381 e. The zero-order chi connectivity index (χ0) is 14.5. The van der Waals surface area contributed by atoms with Gasteiger partial charge in [-0.15, -0.1) is 12.4 Å². The first-order chi connectivity index (χ1) is 9.58. The van der Waals surface area contributed by atoms with Crippen LogP contribution in [0.5, 0.6) is 0 Å². The number of likely N-dealkylation sites (N-methyl/N-ethyl adjacent to an activating group) is 1. The maximum atomic E-state index is 12.4. The van der Waals surface area contributed by atoms with Gasteiger partial charge < -0.3 is 15.4 Å². The van der Waals surface area contributed by atoms with Crippen molar-refractivity contribution in [3.8, 4) is 0 Å². The van der Waals surface area contributed by atoms with Crippen molar-refractivity contribution in [2.24, 2.45) is 11.7 Å². The fourth-order valence-electron chi connectivity index (χ4n) is 2.69. The second-order valence-electron chi connectivity index (χ2n) is 5.66. The van der Waals surface area contributed by atoms with E-state index in [0.717, 1.165) is 18.4 Å². The molecule has 1 atom stereocenters. The minimum absolute atomic E-state index is 0. The highest BCUT2D eigenvalue weighted by atomic mass is 35.5. The number of aryl methyl sites for hydroxylation is 1. The quantitative estimate of drug-likeness (QED) is 0.926. The molecule has 5 heteroatoms. The number of carbonyl (C=O) groups excluding carboxylic acids is 1. The average molecular weight is 313 g/mol. The van der Waals surface area contributed by atoms with Crippen molar-refractivity contribution in [1.82, 2.24) is 4.90 Å². The summed E-state index contributed by atoms with van der Waals surface area (Å²) in [4.78, 5) is 14.1. The van der Waals surface area contributed by atoms with Gasteiger partial charge in [0, 0.05) is 26.8 Å². The fraction of sp³-hybridized carbons (Fsp3) is 0.562. The van der Waals surface area contributed by atoms with Crippen molar-refractivity contribution in [2.45, 2.75) is 32.4 Å². The molecule has 0 radical (unpaired) electrons. The Morgan fingerprint density at radius 1 is 1.43 bits per heavy atom. The number of nitrogens with zero attached hydrogens (tertiary/aromatic N) is 1. The SMILES string of the molecule is Cc1cccc(CN(C)C(=O)C(N)C2CCOCC2)c1.Cl. The normalized spacial score (nSPS) is 16.9. The van der Waals surface area contributed by atoms with Crippen LogP contribution in [0.25, 0.3) is 0 Å². The van der Waals surface area contributed by atoms with Gasteiger partial charge in [0.1, 0.15) is 0 Å². The Morgan fingerprint density at radius 2 is 2.10 bits per heavy atom.